The van der Waals surface area contributed by atoms with Crippen LogP contribution in [0.15, 0.2) is 24.3 Å². The molecular weight excluding hydrogens is 250 g/mol. The number of carbonyl (C=O) groups is 1. The minimum Gasteiger partial charge on any atom is -0.469 e. The molecule has 0 spiro atoms. The van der Waals surface area contributed by atoms with E-state index in [2.05, 4.69) is 4.98 Å². The Labute approximate surface area is 111 Å². The number of fused-ring (bicyclic) bond motifs is 1. The fourth-order valence-electron chi connectivity index (χ4n) is 1.99. The Balaban J connectivity index is 2.68. The van der Waals surface area contributed by atoms with Crippen molar-refractivity contribution < 1.29 is 9.53 Å². The number of carbonyl (C=O) groups excluding carboxylic acids is 1. The van der Waals surface area contributed by atoms with Crippen LogP contribution in [0.5, 0.6) is 0 Å². The van der Waals surface area contributed by atoms with Crippen molar-refractivity contribution in [1.82, 2.24) is 4.98 Å². The van der Waals surface area contributed by atoms with Crippen LogP contribution in [0, 0.1) is 6.92 Å². The van der Waals surface area contributed by atoms with Gasteiger partial charge in [-0.05, 0) is 37.6 Å². The predicted molar refractivity (Wildman–Crippen MR) is 71.9 cm³/mol. The van der Waals surface area contributed by atoms with Crippen molar-refractivity contribution in [3.63, 3.8) is 0 Å². The molecule has 0 saturated heterocycles. The number of nitrogens with zero attached hydrogens (tertiary/aromatic N) is 1. The van der Waals surface area contributed by atoms with Gasteiger partial charge in [-0.25, -0.2) is 4.98 Å². The Kier molecular flexibility index (Phi) is 3.53. The van der Waals surface area contributed by atoms with E-state index in [1.165, 1.54) is 7.11 Å². The highest BCUT2D eigenvalue weighted by atomic mass is 35.5. The summed E-state index contributed by atoms with van der Waals surface area (Å²) in [7, 11) is 1.38. The smallest absolute Gasteiger partial charge is 0.312 e. The molecule has 1 aromatic carbocycles. The Hall–Kier alpha value is -1.61. The zero-order chi connectivity index (χ0) is 13.3. The number of halogens is 1. The van der Waals surface area contributed by atoms with Gasteiger partial charge in [-0.3, -0.25) is 4.79 Å². The van der Waals surface area contributed by atoms with E-state index in [9.17, 15) is 4.79 Å². The molecule has 0 aliphatic carbocycles. The second kappa shape index (κ2) is 4.94. The molecular formula is C14H14ClNO2. The quantitative estimate of drug-likeness (QED) is 0.615. The number of ether oxygens (including phenoxy) is 1. The fraction of sp³-hybridized carbons (Fsp3) is 0.286. The first-order valence-corrected chi connectivity index (χ1v) is 6.05. The SMILES string of the molecule is COC(=O)C(C)c1cc(Cl)nc2ccc(C)cc12. The number of esters is 1. The summed E-state index contributed by atoms with van der Waals surface area (Å²) >= 11 is 5.99. The third-order valence-corrected chi connectivity index (χ3v) is 3.18. The Bertz CT molecular complexity index is 610. The van der Waals surface area contributed by atoms with E-state index in [4.69, 9.17) is 16.3 Å². The average Bonchev–Trinajstić information content (AvgIpc) is 2.36. The highest BCUT2D eigenvalue weighted by Gasteiger charge is 2.19. The molecule has 0 radical (unpaired) electrons. The zero-order valence-corrected chi connectivity index (χ0v) is 11.3. The average molecular weight is 264 g/mol. The van der Waals surface area contributed by atoms with Crippen LogP contribution < -0.4 is 0 Å². The van der Waals surface area contributed by atoms with E-state index in [0.717, 1.165) is 22.0 Å². The Morgan fingerprint density at radius 2 is 2.11 bits per heavy atom. The number of aryl methyl sites for hydroxylation is 1. The monoisotopic (exact) mass is 263 g/mol. The van der Waals surface area contributed by atoms with Crippen LogP contribution in [0.25, 0.3) is 10.9 Å². The largest absolute Gasteiger partial charge is 0.469 e. The van der Waals surface area contributed by atoms with E-state index in [1.54, 1.807) is 13.0 Å². The number of pyridine rings is 1. The summed E-state index contributed by atoms with van der Waals surface area (Å²) in [6, 6.07) is 7.61. The fourth-order valence-corrected chi connectivity index (χ4v) is 2.20. The molecule has 0 N–H and O–H groups in total. The Morgan fingerprint density at radius 3 is 2.78 bits per heavy atom. The minimum absolute atomic E-state index is 0.278. The van der Waals surface area contributed by atoms with Gasteiger partial charge in [-0.15, -0.1) is 0 Å². The van der Waals surface area contributed by atoms with Crippen LogP contribution in [0.1, 0.15) is 24.0 Å². The second-order valence-corrected chi connectivity index (χ2v) is 4.69. The topological polar surface area (TPSA) is 39.2 Å². The molecule has 0 fully saturated rings. The van der Waals surface area contributed by atoms with E-state index < -0.39 is 0 Å². The van der Waals surface area contributed by atoms with Gasteiger partial charge in [0.05, 0.1) is 18.5 Å². The second-order valence-electron chi connectivity index (χ2n) is 4.30. The number of methoxy groups -OCH3 is 1. The third-order valence-electron chi connectivity index (χ3n) is 2.99. The molecule has 2 aromatic rings. The highest BCUT2D eigenvalue weighted by Crippen LogP contribution is 2.28. The lowest BCUT2D eigenvalue weighted by atomic mass is 9.96. The van der Waals surface area contributed by atoms with Gasteiger partial charge in [-0.2, -0.15) is 0 Å². The molecule has 1 unspecified atom stereocenters. The van der Waals surface area contributed by atoms with Gasteiger partial charge in [0.15, 0.2) is 0 Å². The molecule has 1 heterocycles. The van der Waals surface area contributed by atoms with Gasteiger partial charge in [-0.1, -0.05) is 23.2 Å². The van der Waals surface area contributed by atoms with E-state index in [-0.39, 0.29) is 11.9 Å². The molecule has 0 saturated carbocycles. The normalized spacial score (nSPS) is 12.4. The van der Waals surface area contributed by atoms with E-state index in [1.807, 2.05) is 25.1 Å². The summed E-state index contributed by atoms with van der Waals surface area (Å²) in [4.78, 5) is 15.9. The molecule has 94 valence electrons. The van der Waals surface area contributed by atoms with Gasteiger partial charge in [0.25, 0.3) is 0 Å². The maximum atomic E-state index is 11.7. The van der Waals surface area contributed by atoms with Crippen molar-refractivity contribution in [2.45, 2.75) is 19.8 Å². The summed E-state index contributed by atoms with van der Waals surface area (Å²) in [5.41, 5.74) is 2.75. The van der Waals surface area contributed by atoms with Crippen molar-refractivity contribution in [1.29, 1.82) is 0 Å². The first kappa shape index (κ1) is 12.8. The molecule has 18 heavy (non-hydrogen) atoms. The van der Waals surface area contributed by atoms with Gasteiger partial charge in [0, 0.05) is 5.39 Å². The van der Waals surface area contributed by atoms with E-state index >= 15 is 0 Å². The standard InChI is InChI=1S/C14H14ClNO2/c1-8-4-5-12-11(6-8)10(7-13(15)16-12)9(2)14(17)18-3/h4-7,9H,1-3H3. The number of aromatic nitrogens is 1. The summed E-state index contributed by atoms with van der Waals surface area (Å²) in [5, 5.41) is 1.33. The number of hydrogen-bond acceptors (Lipinski definition) is 3. The van der Waals surface area contributed by atoms with Crippen molar-refractivity contribution in [2.24, 2.45) is 0 Å². The van der Waals surface area contributed by atoms with Crippen LogP contribution in [0.4, 0.5) is 0 Å². The van der Waals surface area contributed by atoms with E-state index in [0.29, 0.717) is 5.15 Å². The van der Waals surface area contributed by atoms with Crippen molar-refractivity contribution >= 4 is 28.5 Å². The predicted octanol–water partition coefficient (Wildman–Crippen LogP) is 3.47. The minimum atomic E-state index is -0.361. The van der Waals surface area contributed by atoms with Crippen LogP contribution in [0.2, 0.25) is 5.15 Å². The summed E-state index contributed by atoms with van der Waals surface area (Å²) in [5.74, 6) is -0.639. The summed E-state index contributed by atoms with van der Waals surface area (Å²) in [6.45, 7) is 3.81. The molecule has 0 bridgehead atoms. The Morgan fingerprint density at radius 1 is 1.39 bits per heavy atom. The summed E-state index contributed by atoms with van der Waals surface area (Å²) < 4.78 is 4.78. The molecule has 4 heteroatoms. The number of rotatable bonds is 2. The maximum Gasteiger partial charge on any atom is 0.312 e. The molecule has 3 nitrogen and oxygen atoms in total. The van der Waals surface area contributed by atoms with Gasteiger partial charge in [0.1, 0.15) is 5.15 Å². The molecule has 0 amide bonds. The number of benzene rings is 1. The van der Waals surface area contributed by atoms with Crippen molar-refractivity contribution in [3.8, 4) is 0 Å². The first-order valence-electron chi connectivity index (χ1n) is 5.67. The highest BCUT2D eigenvalue weighted by molar-refractivity contribution is 6.30. The lowest BCUT2D eigenvalue weighted by Gasteiger charge is -2.13. The molecule has 2 rings (SSSR count). The van der Waals surface area contributed by atoms with Gasteiger partial charge >= 0.3 is 5.97 Å². The lowest BCUT2D eigenvalue weighted by molar-refractivity contribution is -0.141. The molecule has 0 aliphatic rings. The molecule has 1 aromatic heterocycles. The van der Waals surface area contributed by atoms with Crippen LogP contribution in [-0.2, 0) is 9.53 Å². The van der Waals surface area contributed by atoms with Gasteiger partial charge < -0.3 is 4.74 Å². The molecule has 0 aliphatic heterocycles. The van der Waals surface area contributed by atoms with Crippen LogP contribution in [-0.4, -0.2) is 18.1 Å². The van der Waals surface area contributed by atoms with Gasteiger partial charge in [0.2, 0.25) is 0 Å². The number of hydrogen-bond donors (Lipinski definition) is 0. The third kappa shape index (κ3) is 2.31. The van der Waals surface area contributed by atoms with Crippen LogP contribution >= 0.6 is 11.6 Å². The van der Waals surface area contributed by atoms with Crippen molar-refractivity contribution in [2.75, 3.05) is 7.11 Å². The summed E-state index contributed by atoms with van der Waals surface area (Å²) in [6.07, 6.45) is 0. The zero-order valence-electron chi connectivity index (χ0n) is 10.5. The maximum absolute atomic E-state index is 11.7. The molecule has 1 atom stereocenters. The lowest BCUT2D eigenvalue weighted by Crippen LogP contribution is -2.11. The van der Waals surface area contributed by atoms with Crippen LogP contribution in [0.3, 0.4) is 0 Å². The van der Waals surface area contributed by atoms with Crippen molar-refractivity contribution in [3.05, 3.63) is 40.5 Å². The first-order chi connectivity index (χ1) is 8.52.